The number of ether oxygens (including phenoxy) is 1. The molecule has 0 fully saturated rings. The summed E-state index contributed by atoms with van der Waals surface area (Å²) < 4.78 is 9.15. The Morgan fingerprint density at radius 2 is 2.00 bits per heavy atom. The number of nitrogens with zero attached hydrogens (tertiary/aromatic N) is 5. The fraction of sp³-hybridized carbons (Fsp3) is 0.250. The van der Waals surface area contributed by atoms with E-state index in [-0.39, 0.29) is 30.6 Å². The minimum Gasteiger partial charge on any atom is -0.474 e. The number of aromatic hydroxyl groups is 1. The van der Waals surface area contributed by atoms with Crippen LogP contribution >= 0.6 is 22.9 Å². The molecule has 10 heteroatoms. The molecule has 0 atom stereocenters. The average molecular weight is 447 g/mol. The van der Waals surface area contributed by atoms with E-state index < -0.39 is 0 Å². The summed E-state index contributed by atoms with van der Waals surface area (Å²) in [6.45, 7) is 4.23. The first-order valence-corrected chi connectivity index (χ1v) is 10.5. The topological polar surface area (TPSA) is 94.2 Å². The van der Waals surface area contributed by atoms with Crippen LogP contribution in [0, 0.1) is 0 Å². The van der Waals surface area contributed by atoms with Crippen LogP contribution < -0.4 is 4.40 Å². The minimum atomic E-state index is -0.354. The Balaban J connectivity index is 0.00000124. The fourth-order valence-electron chi connectivity index (χ4n) is 2.84. The van der Waals surface area contributed by atoms with Gasteiger partial charge in [0, 0.05) is 24.7 Å². The molecule has 156 valence electrons. The molecule has 30 heavy (non-hydrogen) atoms. The van der Waals surface area contributed by atoms with Crippen molar-refractivity contribution in [2.45, 2.75) is 27.0 Å². The smallest absolute Gasteiger partial charge is 0.339 e. The van der Waals surface area contributed by atoms with Gasteiger partial charge < -0.3 is 9.84 Å². The first-order valence-electron chi connectivity index (χ1n) is 9.32. The van der Waals surface area contributed by atoms with Gasteiger partial charge in [-0.2, -0.15) is 4.40 Å². The molecule has 0 saturated carbocycles. The van der Waals surface area contributed by atoms with Crippen molar-refractivity contribution in [2.24, 2.45) is 0 Å². The van der Waals surface area contributed by atoms with Crippen LogP contribution in [0.1, 0.15) is 35.0 Å². The number of carbonyl (C=O) groups excluding carboxylic acids is 1. The van der Waals surface area contributed by atoms with Crippen molar-refractivity contribution in [3.05, 3.63) is 69.9 Å². The molecule has 0 aliphatic carbocycles. The monoisotopic (exact) mass is 446 g/mol. The number of fused-ring (bicyclic) bond motifs is 1. The van der Waals surface area contributed by atoms with E-state index in [1.807, 2.05) is 26.0 Å². The SMILES string of the molecule is CC.O=C(COCc1ncccn1)c1c(O)[n+]2ccccc2n1Cc1cnc(Cl)s1. The highest BCUT2D eigenvalue weighted by Crippen LogP contribution is 2.24. The van der Waals surface area contributed by atoms with Gasteiger partial charge in [0.25, 0.3) is 11.3 Å². The van der Waals surface area contributed by atoms with Crippen LogP contribution in [0.5, 0.6) is 5.88 Å². The Bertz CT molecular complexity index is 1130. The summed E-state index contributed by atoms with van der Waals surface area (Å²) in [4.78, 5) is 25.8. The van der Waals surface area contributed by atoms with Gasteiger partial charge >= 0.3 is 5.88 Å². The van der Waals surface area contributed by atoms with Gasteiger partial charge in [-0.1, -0.05) is 31.5 Å². The second-order valence-electron chi connectivity index (χ2n) is 5.85. The molecule has 0 bridgehead atoms. The van der Waals surface area contributed by atoms with Crippen molar-refractivity contribution in [1.29, 1.82) is 0 Å². The number of hydrogen-bond donors (Lipinski definition) is 1. The van der Waals surface area contributed by atoms with Gasteiger partial charge in [0.1, 0.15) is 19.8 Å². The minimum absolute atomic E-state index is 0.102. The van der Waals surface area contributed by atoms with Crippen molar-refractivity contribution < 1.29 is 19.0 Å². The number of ketones is 1. The summed E-state index contributed by atoms with van der Waals surface area (Å²) in [6, 6.07) is 7.13. The van der Waals surface area contributed by atoms with Crippen molar-refractivity contribution in [1.82, 2.24) is 19.5 Å². The second-order valence-corrected chi connectivity index (χ2v) is 7.55. The molecule has 0 unspecified atom stereocenters. The molecule has 0 spiro atoms. The molecule has 0 amide bonds. The van der Waals surface area contributed by atoms with Crippen LogP contribution in [-0.2, 0) is 17.9 Å². The van der Waals surface area contributed by atoms with Crippen molar-refractivity contribution in [3.63, 3.8) is 0 Å². The van der Waals surface area contributed by atoms with Crippen LogP contribution in [0.15, 0.2) is 49.1 Å². The molecule has 0 aliphatic rings. The molecule has 1 N–H and O–H groups in total. The Labute approximate surface area is 182 Å². The van der Waals surface area contributed by atoms with E-state index in [1.165, 1.54) is 11.3 Å². The van der Waals surface area contributed by atoms with Crippen LogP contribution in [0.25, 0.3) is 5.65 Å². The molecule has 4 rings (SSSR count). The van der Waals surface area contributed by atoms with E-state index in [9.17, 15) is 9.90 Å². The molecule has 0 aliphatic heterocycles. The standard InChI is InChI=1S/C18H14ClN5O3S.C2H6/c19-18-22-8-12(28-18)9-24-15-4-1-2-7-23(15)17(26)16(24)13(25)10-27-11-14-20-5-3-6-21-14;1-2/h1-8H,9-11H2;1-2H3/p+1. The molecule has 0 saturated heterocycles. The van der Waals surface area contributed by atoms with Crippen LogP contribution in [0.3, 0.4) is 0 Å². The lowest BCUT2D eigenvalue weighted by Gasteiger charge is -2.03. The quantitative estimate of drug-likeness (QED) is 0.345. The number of halogens is 1. The maximum absolute atomic E-state index is 12.8. The highest BCUT2D eigenvalue weighted by Gasteiger charge is 2.31. The van der Waals surface area contributed by atoms with Crippen LogP contribution in [-0.4, -0.2) is 37.0 Å². The molecular weight excluding hydrogens is 426 g/mol. The van der Waals surface area contributed by atoms with E-state index in [1.54, 1.807) is 45.9 Å². The largest absolute Gasteiger partial charge is 0.474 e. The maximum atomic E-state index is 12.8. The third-order valence-corrected chi connectivity index (χ3v) is 5.11. The van der Waals surface area contributed by atoms with Crippen LogP contribution in [0.4, 0.5) is 0 Å². The number of thiazole rings is 1. The summed E-state index contributed by atoms with van der Waals surface area (Å²) >= 11 is 7.24. The van der Waals surface area contributed by atoms with E-state index in [4.69, 9.17) is 16.3 Å². The Morgan fingerprint density at radius 1 is 1.23 bits per heavy atom. The second kappa shape index (κ2) is 10.2. The molecule has 0 radical (unpaired) electrons. The predicted octanol–water partition coefficient (Wildman–Crippen LogP) is 3.31. The average Bonchev–Trinajstić information content (AvgIpc) is 3.31. The zero-order valence-electron chi connectivity index (χ0n) is 16.5. The number of imidazole rings is 1. The lowest BCUT2D eigenvalue weighted by molar-refractivity contribution is -0.521. The molecular formula is C20H21ClN5O3S+. The summed E-state index contributed by atoms with van der Waals surface area (Å²) in [5.41, 5.74) is 0.823. The number of carbonyl (C=O) groups is 1. The van der Waals surface area contributed by atoms with E-state index in [2.05, 4.69) is 15.0 Å². The third kappa shape index (κ3) is 4.81. The van der Waals surface area contributed by atoms with Crippen molar-refractivity contribution in [2.75, 3.05) is 6.61 Å². The van der Waals surface area contributed by atoms with Gasteiger partial charge in [-0.05, 0) is 12.1 Å². The van der Waals surface area contributed by atoms with Crippen LogP contribution in [0.2, 0.25) is 4.47 Å². The summed E-state index contributed by atoms with van der Waals surface area (Å²) in [6.07, 6.45) is 6.55. The first-order chi connectivity index (χ1) is 14.6. The van der Waals surface area contributed by atoms with E-state index in [0.717, 1.165) is 4.88 Å². The Morgan fingerprint density at radius 3 is 2.70 bits per heavy atom. The van der Waals surface area contributed by atoms with Gasteiger partial charge in [0.05, 0.1) is 11.1 Å². The summed E-state index contributed by atoms with van der Waals surface area (Å²) in [5, 5.41) is 10.6. The number of aromatic nitrogens is 5. The van der Waals surface area contributed by atoms with E-state index in [0.29, 0.717) is 22.5 Å². The highest BCUT2D eigenvalue weighted by molar-refractivity contribution is 7.15. The molecule has 4 aromatic rings. The predicted molar refractivity (Wildman–Crippen MR) is 113 cm³/mol. The van der Waals surface area contributed by atoms with Gasteiger partial charge in [0.15, 0.2) is 10.3 Å². The third-order valence-electron chi connectivity index (χ3n) is 4.01. The van der Waals surface area contributed by atoms with Crippen molar-refractivity contribution in [3.8, 4) is 5.88 Å². The normalized spacial score (nSPS) is 10.6. The van der Waals surface area contributed by atoms with Gasteiger partial charge in [-0.25, -0.2) is 19.5 Å². The zero-order chi connectivity index (χ0) is 21.5. The van der Waals surface area contributed by atoms with Gasteiger partial charge in [-0.15, -0.1) is 11.3 Å². The number of Topliss-reactive ketones (excluding diaryl/α,β-unsaturated/α-hetero) is 1. The molecule has 4 aromatic heterocycles. The maximum Gasteiger partial charge on any atom is 0.339 e. The van der Waals surface area contributed by atoms with E-state index >= 15 is 0 Å². The highest BCUT2D eigenvalue weighted by atomic mass is 35.5. The van der Waals surface area contributed by atoms with Crippen molar-refractivity contribution >= 4 is 34.4 Å². The zero-order valence-corrected chi connectivity index (χ0v) is 18.1. The molecule has 4 heterocycles. The summed E-state index contributed by atoms with van der Waals surface area (Å²) in [7, 11) is 0. The summed E-state index contributed by atoms with van der Waals surface area (Å²) in [5.74, 6) is -0.0164. The molecule has 0 aromatic carbocycles. The number of hydrogen-bond acceptors (Lipinski definition) is 7. The fourth-order valence-corrected chi connectivity index (χ4v) is 3.81. The lowest BCUT2D eigenvalue weighted by Crippen LogP contribution is -2.19. The number of pyridine rings is 1. The first kappa shape index (κ1) is 21.8. The van der Waals surface area contributed by atoms with Gasteiger partial charge in [0.2, 0.25) is 5.78 Å². The Kier molecular flexibility index (Phi) is 7.45. The Hall–Kier alpha value is -2.88. The molecule has 8 nitrogen and oxygen atoms in total. The van der Waals surface area contributed by atoms with Gasteiger partial charge in [-0.3, -0.25) is 4.79 Å². The number of rotatable bonds is 7. The lowest BCUT2D eigenvalue weighted by atomic mass is 10.3.